The largest absolute Gasteiger partial charge is 0.478 e. The van der Waals surface area contributed by atoms with Crippen LogP contribution < -0.4 is 9.64 Å². The third kappa shape index (κ3) is 4.70. The van der Waals surface area contributed by atoms with Gasteiger partial charge in [0.1, 0.15) is 0 Å². The second-order valence-corrected chi connectivity index (χ2v) is 6.25. The summed E-state index contributed by atoms with van der Waals surface area (Å²) in [6.45, 7) is 6.99. The van der Waals surface area contributed by atoms with Crippen molar-refractivity contribution in [1.82, 2.24) is 14.9 Å². The van der Waals surface area contributed by atoms with Crippen molar-refractivity contribution >= 4 is 11.9 Å². The molecule has 1 aliphatic rings. The number of rotatable bonds is 6. The van der Waals surface area contributed by atoms with Crippen LogP contribution in [-0.2, 0) is 6.54 Å². The summed E-state index contributed by atoms with van der Waals surface area (Å²) in [5, 5.41) is 8.99. The zero-order chi connectivity index (χ0) is 18.4. The van der Waals surface area contributed by atoms with Gasteiger partial charge in [-0.3, -0.25) is 4.90 Å². The van der Waals surface area contributed by atoms with E-state index in [9.17, 15) is 4.79 Å². The molecule has 7 heteroatoms. The summed E-state index contributed by atoms with van der Waals surface area (Å²) < 4.78 is 5.47. The Balaban J connectivity index is 1.59. The van der Waals surface area contributed by atoms with Gasteiger partial charge < -0.3 is 14.7 Å². The summed E-state index contributed by atoms with van der Waals surface area (Å²) in [5.41, 5.74) is 1.44. The lowest BCUT2D eigenvalue weighted by Crippen LogP contribution is -2.31. The van der Waals surface area contributed by atoms with Crippen molar-refractivity contribution in [2.24, 2.45) is 0 Å². The Hall–Kier alpha value is -2.67. The number of carboxylic acid groups (broad SMARTS) is 1. The fraction of sp³-hybridized carbons (Fsp3) is 0.421. The zero-order valence-corrected chi connectivity index (χ0v) is 15.0. The highest BCUT2D eigenvalue weighted by molar-refractivity contribution is 5.87. The molecule has 0 radical (unpaired) electrons. The molecule has 2 heterocycles. The van der Waals surface area contributed by atoms with E-state index in [2.05, 4.69) is 19.8 Å². The van der Waals surface area contributed by atoms with Crippen LogP contribution in [0.25, 0.3) is 0 Å². The van der Waals surface area contributed by atoms with Gasteiger partial charge in [-0.1, -0.05) is 12.1 Å². The van der Waals surface area contributed by atoms with Gasteiger partial charge in [0.2, 0.25) is 11.8 Å². The molecule has 2 aromatic rings. The predicted molar refractivity (Wildman–Crippen MR) is 98.7 cm³/mol. The van der Waals surface area contributed by atoms with Crippen LogP contribution in [0.1, 0.15) is 29.3 Å². The smallest absolute Gasteiger partial charge is 0.335 e. The van der Waals surface area contributed by atoms with E-state index in [1.54, 1.807) is 24.4 Å². The van der Waals surface area contributed by atoms with Crippen molar-refractivity contribution in [2.45, 2.75) is 19.9 Å². The molecule has 1 saturated heterocycles. The van der Waals surface area contributed by atoms with Crippen LogP contribution in [0.4, 0.5) is 5.95 Å². The summed E-state index contributed by atoms with van der Waals surface area (Å²) in [4.78, 5) is 24.4. The maximum absolute atomic E-state index is 10.9. The topological polar surface area (TPSA) is 78.8 Å². The van der Waals surface area contributed by atoms with Crippen LogP contribution in [0.3, 0.4) is 0 Å². The predicted octanol–water partition coefficient (Wildman–Crippen LogP) is 2.29. The maximum Gasteiger partial charge on any atom is 0.335 e. The SMILES string of the molecule is CCOc1ccnc(N2CCCN(Cc3ccc(C(=O)O)cc3)CC2)n1. The summed E-state index contributed by atoms with van der Waals surface area (Å²) in [5.74, 6) is 0.428. The van der Waals surface area contributed by atoms with Gasteiger partial charge in [-0.05, 0) is 31.0 Å². The average molecular weight is 356 g/mol. The molecule has 1 aliphatic heterocycles. The molecular formula is C19H24N4O3. The summed E-state index contributed by atoms with van der Waals surface area (Å²) >= 11 is 0. The standard InChI is InChI=1S/C19H24N4O3/c1-2-26-17-8-9-20-19(21-17)23-11-3-10-22(12-13-23)14-15-4-6-16(7-5-15)18(24)25/h4-9H,2-3,10-14H2,1H3,(H,24,25). The Morgan fingerprint density at radius 1 is 1.15 bits per heavy atom. The molecule has 1 N–H and O–H groups in total. The number of carboxylic acids is 1. The first-order valence-corrected chi connectivity index (χ1v) is 8.91. The first-order chi connectivity index (χ1) is 12.7. The van der Waals surface area contributed by atoms with Gasteiger partial charge in [-0.2, -0.15) is 4.98 Å². The molecule has 0 bridgehead atoms. The van der Waals surface area contributed by atoms with Gasteiger partial charge in [0.15, 0.2) is 0 Å². The quantitative estimate of drug-likeness (QED) is 0.851. The van der Waals surface area contributed by atoms with E-state index in [0.717, 1.165) is 44.7 Å². The Labute approximate surface area is 153 Å². The summed E-state index contributed by atoms with van der Waals surface area (Å²) in [6.07, 6.45) is 2.76. The lowest BCUT2D eigenvalue weighted by atomic mass is 10.1. The molecule has 0 amide bonds. The third-order valence-corrected chi connectivity index (χ3v) is 4.39. The second-order valence-electron chi connectivity index (χ2n) is 6.25. The number of carbonyl (C=O) groups is 1. The highest BCUT2D eigenvalue weighted by atomic mass is 16.5. The number of aromatic nitrogens is 2. The van der Waals surface area contributed by atoms with Crippen LogP contribution in [-0.4, -0.2) is 58.7 Å². The minimum absolute atomic E-state index is 0.321. The number of ether oxygens (including phenoxy) is 1. The van der Waals surface area contributed by atoms with Gasteiger partial charge >= 0.3 is 5.97 Å². The Kier molecular flexibility index (Phi) is 6.01. The molecule has 138 valence electrons. The normalized spacial score (nSPS) is 15.5. The van der Waals surface area contributed by atoms with Crippen LogP contribution in [0.2, 0.25) is 0 Å². The highest BCUT2D eigenvalue weighted by Crippen LogP contribution is 2.16. The van der Waals surface area contributed by atoms with Crippen molar-refractivity contribution in [3.8, 4) is 5.88 Å². The number of aromatic carboxylic acids is 1. The van der Waals surface area contributed by atoms with E-state index < -0.39 is 5.97 Å². The van der Waals surface area contributed by atoms with Crippen molar-refractivity contribution in [3.63, 3.8) is 0 Å². The lowest BCUT2D eigenvalue weighted by Gasteiger charge is -2.22. The van der Waals surface area contributed by atoms with Crippen molar-refractivity contribution < 1.29 is 14.6 Å². The Morgan fingerprint density at radius 2 is 1.96 bits per heavy atom. The maximum atomic E-state index is 10.9. The van der Waals surface area contributed by atoms with E-state index in [1.165, 1.54) is 0 Å². The molecule has 3 rings (SSSR count). The van der Waals surface area contributed by atoms with E-state index in [0.29, 0.717) is 24.0 Å². The highest BCUT2D eigenvalue weighted by Gasteiger charge is 2.17. The first kappa shape index (κ1) is 18.1. The molecule has 0 saturated carbocycles. The lowest BCUT2D eigenvalue weighted by molar-refractivity contribution is 0.0697. The van der Waals surface area contributed by atoms with Crippen LogP contribution in [0, 0.1) is 0 Å². The number of benzene rings is 1. The number of hydrogen-bond acceptors (Lipinski definition) is 6. The molecule has 0 spiro atoms. The molecule has 1 fully saturated rings. The molecule has 7 nitrogen and oxygen atoms in total. The molecule has 1 aromatic heterocycles. The molecule has 0 aliphatic carbocycles. The van der Waals surface area contributed by atoms with Crippen molar-refractivity contribution in [1.29, 1.82) is 0 Å². The van der Waals surface area contributed by atoms with Gasteiger partial charge in [-0.15, -0.1) is 0 Å². The number of nitrogens with zero attached hydrogens (tertiary/aromatic N) is 4. The molecular weight excluding hydrogens is 332 g/mol. The number of anilines is 1. The zero-order valence-electron chi connectivity index (χ0n) is 15.0. The molecule has 1 aromatic carbocycles. The minimum atomic E-state index is -0.892. The first-order valence-electron chi connectivity index (χ1n) is 8.91. The van der Waals surface area contributed by atoms with E-state index in [1.807, 2.05) is 19.1 Å². The van der Waals surface area contributed by atoms with Crippen molar-refractivity contribution in [3.05, 3.63) is 47.7 Å². The summed E-state index contributed by atoms with van der Waals surface area (Å²) in [6, 6.07) is 8.88. The van der Waals surface area contributed by atoms with Crippen LogP contribution in [0.5, 0.6) is 5.88 Å². The second kappa shape index (κ2) is 8.62. The monoisotopic (exact) mass is 356 g/mol. The van der Waals surface area contributed by atoms with Gasteiger partial charge in [-0.25, -0.2) is 9.78 Å². The fourth-order valence-corrected chi connectivity index (χ4v) is 3.05. The molecule has 26 heavy (non-hydrogen) atoms. The van der Waals surface area contributed by atoms with Crippen LogP contribution >= 0.6 is 0 Å². The molecule has 0 atom stereocenters. The summed E-state index contributed by atoms with van der Waals surface area (Å²) in [7, 11) is 0. The third-order valence-electron chi connectivity index (χ3n) is 4.39. The number of hydrogen-bond donors (Lipinski definition) is 1. The minimum Gasteiger partial charge on any atom is -0.478 e. The van der Waals surface area contributed by atoms with Crippen LogP contribution in [0.15, 0.2) is 36.5 Å². The van der Waals surface area contributed by atoms with Gasteiger partial charge in [0.25, 0.3) is 0 Å². The van der Waals surface area contributed by atoms with Gasteiger partial charge in [0, 0.05) is 45.0 Å². The molecule has 0 unspecified atom stereocenters. The van der Waals surface area contributed by atoms with Crippen molar-refractivity contribution in [2.75, 3.05) is 37.7 Å². The Bertz CT molecular complexity index is 736. The van der Waals surface area contributed by atoms with Gasteiger partial charge in [0.05, 0.1) is 12.2 Å². The Morgan fingerprint density at radius 3 is 2.69 bits per heavy atom. The van der Waals surface area contributed by atoms with E-state index in [-0.39, 0.29) is 0 Å². The fourth-order valence-electron chi connectivity index (χ4n) is 3.05. The van der Waals surface area contributed by atoms with E-state index in [4.69, 9.17) is 9.84 Å². The van der Waals surface area contributed by atoms with E-state index >= 15 is 0 Å². The average Bonchev–Trinajstić information content (AvgIpc) is 2.88.